The highest BCUT2D eigenvalue weighted by atomic mass is 19.4. The Morgan fingerprint density at radius 2 is 2.09 bits per heavy atom. The van der Waals surface area contributed by atoms with E-state index in [4.69, 9.17) is 9.47 Å². The molecule has 34 heavy (non-hydrogen) atoms. The van der Waals surface area contributed by atoms with Gasteiger partial charge in [-0.15, -0.1) is 0 Å². The number of H-pyrrole nitrogens is 1. The molecule has 14 heteroatoms. The van der Waals surface area contributed by atoms with E-state index in [2.05, 4.69) is 30.7 Å². The van der Waals surface area contributed by atoms with Crippen molar-refractivity contribution in [3.63, 3.8) is 0 Å². The Morgan fingerprint density at radius 3 is 2.74 bits per heavy atom. The van der Waals surface area contributed by atoms with Crippen molar-refractivity contribution < 1.29 is 37.0 Å². The molecule has 3 heterocycles. The number of ether oxygens (including phenoxy) is 3. The number of nitrogens with one attached hydrogen (secondary N) is 3. The molecule has 0 unspecified atom stereocenters. The van der Waals surface area contributed by atoms with Crippen LogP contribution in [0.5, 0.6) is 0 Å². The third-order valence-electron chi connectivity index (χ3n) is 5.76. The molecule has 2 aliphatic rings. The van der Waals surface area contributed by atoms with Crippen LogP contribution in [-0.4, -0.2) is 63.5 Å². The van der Waals surface area contributed by atoms with Crippen LogP contribution in [0.15, 0.2) is 12.1 Å². The van der Waals surface area contributed by atoms with Crippen molar-refractivity contribution in [3.05, 3.63) is 29.2 Å². The number of aromatic amines is 1. The standard InChI is InChI=1S/C20H25F3N6O5/c1-19(4-5-19)25-18(31)34-10-6-14(33-9-10)11-8-15(27-26-11)24-17(30)13-7-12(28-29(13)2)16(32-3)20(21,22)23/h7-8,10,14,16H,4-6,9H2,1-3H3,(H,25,31)(H2,24,26,27,30)/t10-,14-,16-/m1/s1. The molecular formula is C20H25F3N6O5. The van der Waals surface area contributed by atoms with Crippen LogP contribution in [0.4, 0.5) is 23.8 Å². The Hall–Kier alpha value is -3.13. The highest BCUT2D eigenvalue weighted by Gasteiger charge is 2.43. The molecule has 11 nitrogen and oxygen atoms in total. The quantitative estimate of drug-likeness (QED) is 0.548. The van der Waals surface area contributed by atoms with Crippen molar-refractivity contribution >= 4 is 17.8 Å². The molecule has 1 aliphatic carbocycles. The fourth-order valence-electron chi connectivity index (χ4n) is 3.64. The van der Waals surface area contributed by atoms with Gasteiger partial charge in [0.05, 0.1) is 12.3 Å². The average molecular weight is 486 g/mol. The lowest BCUT2D eigenvalue weighted by Crippen LogP contribution is -2.37. The molecule has 0 aromatic carbocycles. The zero-order valence-electron chi connectivity index (χ0n) is 18.7. The van der Waals surface area contributed by atoms with Gasteiger partial charge in [0.15, 0.2) is 11.9 Å². The summed E-state index contributed by atoms with van der Waals surface area (Å²) in [5, 5.41) is 15.8. The summed E-state index contributed by atoms with van der Waals surface area (Å²) in [5.41, 5.74) is -0.168. The van der Waals surface area contributed by atoms with E-state index >= 15 is 0 Å². The summed E-state index contributed by atoms with van der Waals surface area (Å²) >= 11 is 0. The van der Waals surface area contributed by atoms with Crippen molar-refractivity contribution in [2.75, 3.05) is 19.0 Å². The number of rotatable bonds is 7. The van der Waals surface area contributed by atoms with Gasteiger partial charge in [-0.05, 0) is 25.8 Å². The first-order chi connectivity index (χ1) is 16.0. The fourth-order valence-corrected chi connectivity index (χ4v) is 3.64. The van der Waals surface area contributed by atoms with Crippen LogP contribution in [0, 0.1) is 0 Å². The van der Waals surface area contributed by atoms with Crippen molar-refractivity contribution in [1.82, 2.24) is 25.3 Å². The molecule has 1 saturated carbocycles. The Morgan fingerprint density at radius 1 is 1.35 bits per heavy atom. The van der Waals surface area contributed by atoms with Crippen LogP contribution in [0.3, 0.4) is 0 Å². The second-order valence-corrected chi connectivity index (χ2v) is 8.67. The minimum Gasteiger partial charge on any atom is -0.444 e. The predicted octanol–water partition coefficient (Wildman–Crippen LogP) is 2.75. The summed E-state index contributed by atoms with van der Waals surface area (Å²) in [4.78, 5) is 24.6. The van der Waals surface area contributed by atoms with Gasteiger partial charge in [-0.3, -0.25) is 14.6 Å². The number of nitrogens with zero attached hydrogens (tertiary/aromatic N) is 3. The molecular weight excluding hydrogens is 461 g/mol. The molecule has 1 saturated heterocycles. The molecule has 2 fully saturated rings. The smallest absolute Gasteiger partial charge is 0.420 e. The van der Waals surface area contributed by atoms with E-state index in [1.54, 1.807) is 6.07 Å². The minimum absolute atomic E-state index is 0.105. The van der Waals surface area contributed by atoms with E-state index in [-0.39, 0.29) is 23.7 Å². The van der Waals surface area contributed by atoms with Crippen LogP contribution in [0.25, 0.3) is 0 Å². The lowest BCUT2D eigenvalue weighted by atomic mass is 10.1. The zero-order chi connectivity index (χ0) is 24.7. The van der Waals surface area contributed by atoms with E-state index in [9.17, 15) is 22.8 Å². The van der Waals surface area contributed by atoms with Gasteiger partial charge in [-0.2, -0.15) is 23.4 Å². The number of amides is 2. The van der Waals surface area contributed by atoms with E-state index in [1.807, 2.05) is 6.92 Å². The Kier molecular flexibility index (Phi) is 6.29. The van der Waals surface area contributed by atoms with Gasteiger partial charge in [0.2, 0.25) is 0 Å². The molecule has 186 valence electrons. The first-order valence-corrected chi connectivity index (χ1v) is 10.6. The van der Waals surface area contributed by atoms with Gasteiger partial charge in [0.25, 0.3) is 5.91 Å². The highest BCUT2D eigenvalue weighted by Crippen LogP contribution is 2.36. The molecule has 0 spiro atoms. The maximum Gasteiger partial charge on any atom is 0.420 e. The summed E-state index contributed by atoms with van der Waals surface area (Å²) in [6.45, 7) is 2.16. The van der Waals surface area contributed by atoms with Gasteiger partial charge in [0, 0.05) is 32.2 Å². The number of carbonyl (C=O) groups is 2. The van der Waals surface area contributed by atoms with E-state index in [1.165, 1.54) is 7.05 Å². The number of halogens is 3. The predicted molar refractivity (Wildman–Crippen MR) is 110 cm³/mol. The number of aromatic nitrogens is 4. The van der Waals surface area contributed by atoms with Gasteiger partial charge in [0.1, 0.15) is 23.6 Å². The topological polar surface area (TPSA) is 132 Å². The fraction of sp³-hybridized carbons (Fsp3) is 0.600. The molecule has 2 aromatic rings. The monoisotopic (exact) mass is 486 g/mol. The Balaban J connectivity index is 1.34. The summed E-state index contributed by atoms with van der Waals surface area (Å²) in [6.07, 6.45) is -6.01. The highest BCUT2D eigenvalue weighted by molar-refractivity contribution is 6.02. The molecule has 0 bridgehead atoms. The van der Waals surface area contributed by atoms with Crippen molar-refractivity contribution in [2.45, 2.75) is 56.2 Å². The third kappa shape index (κ3) is 5.33. The van der Waals surface area contributed by atoms with Crippen LogP contribution in [0.2, 0.25) is 0 Å². The summed E-state index contributed by atoms with van der Waals surface area (Å²) in [6, 6.07) is 2.56. The SMILES string of the molecule is CO[C@H](c1cc(C(=O)Nc2cc([C@H]3C[C@@H](OC(=O)NC4(C)CC4)CO3)[nH]n2)n(C)n1)C(F)(F)F. The van der Waals surface area contributed by atoms with Crippen molar-refractivity contribution in [1.29, 1.82) is 0 Å². The first-order valence-electron chi connectivity index (χ1n) is 10.6. The lowest BCUT2D eigenvalue weighted by molar-refractivity contribution is -0.217. The molecule has 2 amide bonds. The molecule has 0 radical (unpaired) electrons. The molecule has 1 aliphatic heterocycles. The maximum atomic E-state index is 13.1. The summed E-state index contributed by atoms with van der Waals surface area (Å²) < 4.78 is 55.8. The zero-order valence-corrected chi connectivity index (χ0v) is 18.7. The molecule has 4 rings (SSSR count). The number of carbonyl (C=O) groups excluding carboxylic acids is 2. The number of aryl methyl sites for hydroxylation is 1. The van der Waals surface area contributed by atoms with Crippen LogP contribution < -0.4 is 10.6 Å². The minimum atomic E-state index is -4.67. The molecule has 2 aromatic heterocycles. The van der Waals surface area contributed by atoms with Crippen molar-refractivity contribution in [3.8, 4) is 0 Å². The lowest BCUT2D eigenvalue weighted by Gasteiger charge is -2.15. The second kappa shape index (κ2) is 8.91. The van der Waals surface area contributed by atoms with E-state index in [0.29, 0.717) is 12.1 Å². The number of alkyl halides is 3. The Bertz CT molecular complexity index is 1060. The van der Waals surface area contributed by atoms with Crippen LogP contribution >= 0.6 is 0 Å². The molecule has 3 atom stereocenters. The number of methoxy groups -OCH3 is 1. The van der Waals surface area contributed by atoms with E-state index in [0.717, 1.165) is 30.7 Å². The number of alkyl carbamates (subject to hydrolysis) is 1. The first kappa shape index (κ1) is 24.0. The maximum absolute atomic E-state index is 13.1. The largest absolute Gasteiger partial charge is 0.444 e. The molecule has 3 N–H and O–H groups in total. The summed E-state index contributed by atoms with van der Waals surface area (Å²) in [5.74, 6) is -0.552. The average Bonchev–Trinajstić information content (AvgIpc) is 3.12. The normalized spacial score (nSPS) is 22.3. The van der Waals surface area contributed by atoms with Gasteiger partial charge in [-0.25, -0.2) is 4.79 Å². The number of hydrogen-bond donors (Lipinski definition) is 3. The van der Waals surface area contributed by atoms with Gasteiger partial charge < -0.3 is 24.8 Å². The number of anilines is 1. The third-order valence-corrected chi connectivity index (χ3v) is 5.76. The van der Waals surface area contributed by atoms with Crippen molar-refractivity contribution in [2.24, 2.45) is 7.05 Å². The van der Waals surface area contributed by atoms with Gasteiger partial charge >= 0.3 is 12.3 Å². The summed E-state index contributed by atoms with van der Waals surface area (Å²) in [7, 11) is 2.27. The Labute approximate surface area is 192 Å². The van der Waals surface area contributed by atoms with E-state index < -0.39 is 42.2 Å². The second-order valence-electron chi connectivity index (χ2n) is 8.67. The van der Waals surface area contributed by atoms with Crippen LogP contribution in [-0.2, 0) is 21.3 Å². The number of hydrogen-bond acceptors (Lipinski definition) is 7. The van der Waals surface area contributed by atoms with Crippen LogP contribution in [0.1, 0.15) is 60.3 Å². The van der Waals surface area contributed by atoms with Gasteiger partial charge in [-0.1, -0.05) is 0 Å².